The molecule has 1 saturated heterocycles. The number of phenolic OH excluding ortho intramolecular Hbond substituents is 1. The molecule has 3 N–H and O–H groups in total. The fourth-order valence-electron chi connectivity index (χ4n) is 2.30. The quantitative estimate of drug-likeness (QED) is 0.827. The molecule has 1 atom stereocenters. The second-order valence-electron chi connectivity index (χ2n) is 4.33. The number of aromatic hydroxyl groups is 1. The van der Waals surface area contributed by atoms with E-state index in [2.05, 4.69) is 4.90 Å². The van der Waals surface area contributed by atoms with E-state index in [9.17, 15) is 5.11 Å². The van der Waals surface area contributed by atoms with Gasteiger partial charge in [0, 0.05) is 25.7 Å². The number of methoxy groups -OCH3 is 1. The van der Waals surface area contributed by atoms with Gasteiger partial charge < -0.3 is 20.3 Å². The van der Waals surface area contributed by atoms with Gasteiger partial charge in [-0.1, -0.05) is 6.07 Å². The molecular formula is C13H20N2O3. The molecule has 1 heterocycles. The third-order valence-electron chi connectivity index (χ3n) is 3.30. The SMILES string of the molecule is COc1ccc(C(CN)N2CCOCC2)cc1O. The first-order chi connectivity index (χ1) is 8.76. The normalized spacial score (nSPS) is 18.6. The van der Waals surface area contributed by atoms with Crippen LogP contribution in [0.1, 0.15) is 11.6 Å². The topological polar surface area (TPSA) is 68.0 Å². The molecule has 1 unspecified atom stereocenters. The predicted octanol–water partition coefficient (Wildman–Crippen LogP) is 0.733. The van der Waals surface area contributed by atoms with Crippen LogP contribution in [-0.2, 0) is 4.74 Å². The summed E-state index contributed by atoms with van der Waals surface area (Å²) in [6.45, 7) is 3.73. The Bertz CT molecular complexity index is 392. The maximum absolute atomic E-state index is 9.83. The molecule has 0 spiro atoms. The van der Waals surface area contributed by atoms with Crippen molar-refractivity contribution in [3.63, 3.8) is 0 Å². The van der Waals surface area contributed by atoms with Crippen molar-refractivity contribution in [1.29, 1.82) is 0 Å². The lowest BCUT2D eigenvalue weighted by Gasteiger charge is -2.34. The van der Waals surface area contributed by atoms with Crippen LogP contribution in [0, 0.1) is 0 Å². The Morgan fingerprint density at radius 3 is 2.72 bits per heavy atom. The molecule has 1 aliphatic heterocycles. The number of morpholine rings is 1. The van der Waals surface area contributed by atoms with Crippen LogP contribution >= 0.6 is 0 Å². The molecule has 0 saturated carbocycles. The fraction of sp³-hybridized carbons (Fsp3) is 0.538. The van der Waals surface area contributed by atoms with E-state index in [0.717, 1.165) is 31.9 Å². The molecular weight excluding hydrogens is 232 g/mol. The Labute approximate surface area is 107 Å². The number of rotatable bonds is 4. The number of phenols is 1. The second-order valence-corrected chi connectivity index (χ2v) is 4.33. The molecule has 0 radical (unpaired) electrons. The summed E-state index contributed by atoms with van der Waals surface area (Å²) in [5.74, 6) is 0.637. The molecule has 0 amide bonds. The third kappa shape index (κ3) is 2.75. The maximum atomic E-state index is 9.83. The zero-order chi connectivity index (χ0) is 13.0. The van der Waals surface area contributed by atoms with Gasteiger partial charge in [-0.3, -0.25) is 4.90 Å². The Balaban J connectivity index is 2.18. The van der Waals surface area contributed by atoms with Crippen LogP contribution in [0.4, 0.5) is 0 Å². The molecule has 100 valence electrons. The van der Waals surface area contributed by atoms with Crippen LogP contribution in [-0.4, -0.2) is 50.0 Å². The largest absolute Gasteiger partial charge is 0.504 e. The Morgan fingerprint density at radius 1 is 1.44 bits per heavy atom. The lowest BCUT2D eigenvalue weighted by Crippen LogP contribution is -2.41. The first kappa shape index (κ1) is 13.1. The summed E-state index contributed by atoms with van der Waals surface area (Å²) in [5.41, 5.74) is 6.87. The van der Waals surface area contributed by atoms with Gasteiger partial charge in [-0.25, -0.2) is 0 Å². The minimum absolute atomic E-state index is 0.116. The van der Waals surface area contributed by atoms with Crippen LogP contribution in [0.15, 0.2) is 18.2 Å². The van der Waals surface area contributed by atoms with E-state index in [1.165, 1.54) is 7.11 Å². The summed E-state index contributed by atoms with van der Waals surface area (Å²) in [6, 6.07) is 5.57. The Morgan fingerprint density at radius 2 is 2.17 bits per heavy atom. The summed E-state index contributed by atoms with van der Waals surface area (Å²) >= 11 is 0. The molecule has 1 fully saturated rings. The van der Waals surface area contributed by atoms with E-state index in [0.29, 0.717) is 12.3 Å². The van der Waals surface area contributed by atoms with Crippen molar-refractivity contribution in [1.82, 2.24) is 4.90 Å². The fourth-order valence-corrected chi connectivity index (χ4v) is 2.30. The van der Waals surface area contributed by atoms with Gasteiger partial charge in [0.05, 0.1) is 20.3 Å². The van der Waals surface area contributed by atoms with Gasteiger partial charge in [-0.2, -0.15) is 0 Å². The average Bonchev–Trinajstić information content (AvgIpc) is 2.41. The van der Waals surface area contributed by atoms with Gasteiger partial charge in [0.15, 0.2) is 11.5 Å². The van der Waals surface area contributed by atoms with Crippen molar-refractivity contribution in [2.45, 2.75) is 6.04 Å². The van der Waals surface area contributed by atoms with Crippen molar-refractivity contribution in [3.05, 3.63) is 23.8 Å². The highest BCUT2D eigenvalue weighted by atomic mass is 16.5. The monoisotopic (exact) mass is 252 g/mol. The van der Waals surface area contributed by atoms with Gasteiger partial charge in [-0.05, 0) is 17.7 Å². The number of benzene rings is 1. The van der Waals surface area contributed by atoms with E-state index in [1.807, 2.05) is 6.07 Å². The molecule has 18 heavy (non-hydrogen) atoms. The minimum atomic E-state index is 0.116. The highest BCUT2D eigenvalue weighted by Crippen LogP contribution is 2.30. The molecule has 2 rings (SSSR count). The van der Waals surface area contributed by atoms with Crippen LogP contribution in [0.25, 0.3) is 0 Å². The highest BCUT2D eigenvalue weighted by Gasteiger charge is 2.22. The van der Waals surface area contributed by atoms with Crippen LogP contribution in [0.5, 0.6) is 11.5 Å². The number of nitrogens with zero attached hydrogens (tertiary/aromatic N) is 1. The standard InChI is InChI=1S/C13H20N2O3/c1-17-13-3-2-10(8-12(13)16)11(9-14)15-4-6-18-7-5-15/h2-3,8,11,16H,4-7,9,14H2,1H3. The summed E-state index contributed by atoms with van der Waals surface area (Å²) in [6.07, 6.45) is 0. The Hall–Kier alpha value is -1.30. The summed E-state index contributed by atoms with van der Waals surface area (Å²) < 4.78 is 10.4. The lowest BCUT2D eigenvalue weighted by molar-refractivity contribution is 0.0178. The number of ether oxygens (including phenoxy) is 2. The predicted molar refractivity (Wildman–Crippen MR) is 68.8 cm³/mol. The van der Waals surface area contributed by atoms with Crippen LogP contribution in [0.3, 0.4) is 0 Å². The van der Waals surface area contributed by atoms with E-state index in [4.69, 9.17) is 15.2 Å². The molecule has 5 heteroatoms. The van der Waals surface area contributed by atoms with Gasteiger partial charge in [0.1, 0.15) is 0 Å². The van der Waals surface area contributed by atoms with Crippen molar-refractivity contribution in [3.8, 4) is 11.5 Å². The zero-order valence-electron chi connectivity index (χ0n) is 10.6. The first-order valence-corrected chi connectivity index (χ1v) is 6.15. The number of hydrogen-bond donors (Lipinski definition) is 2. The number of nitrogens with two attached hydrogens (primary N) is 1. The maximum Gasteiger partial charge on any atom is 0.160 e. The second kappa shape index (κ2) is 6.04. The van der Waals surface area contributed by atoms with E-state index in [1.54, 1.807) is 12.1 Å². The molecule has 0 bridgehead atoms. The van der Waals surface area contributed by atoms with E-state index >= 15 is 0 Å². The van der Waals surface area contributed by atoms with Crippen molar-refractivity contribution in [2.75, 3.05) is 40.0 Å². The molecule has 1 aromatic carbocycles. The first-order valence-electron chi connectivity index (χ1n) is 6.15. The van der Waals surface area contributed by atoms with E-state index < -0.39 is 0 Å². The van der Waals surface area contributed by atoms with Crippen LogP contribution < -0.4 is 10.5 Å². The molecule has 5 nitrogen and oxygen atoms in total. The number of hydrogen-bond acceptors (Lipinski definition) is 5. The molecule has 0 aromatic heterocycles. The summed E-state index contributed by atoms with van der Waals surface area (Å²) in [5, 5.41) is 9.83. The van der Waals surface area contributed by atoms with Gasteiger partial charge in [0.25, 0.3) is 0 Å². The van der Waals surface area contributed by atoms with Gasteiger partial charge in [-0.15, -0.1) is 0 Å². The summed E-state index contributed by atoms with van der Waals surface area (Å²) in [7, 11) is 1.54. The van der Waals surface area contributed by atoms with Crippen molar-refractivity contribution in [2.24, 2.45) is 5.73 Å². The van der Waals surface area contributed by atoms with Crippen LogP contribution in [0.2, 0.25) is 0 Å². The van der Waals surface area contributed by atoms with Crippen molar-refractivity contribution >= 4 is 0 Å². The third-order valence-corrected chi connectivity index (χ3v) is 3.30. The molecule has 1 aromatic rings. The minimum Gasteiger partial charge on any atom is -0.504 e. The zero-order valence-corrected chi connectivity index (χ0v) is 10.6. The highest BCUT2D eigenvalue weighted by molar-refractivity contribution is 5.42. The van der Waals surface area contributed by atoms with Gasteiger partial charge >= 0.3 is 0 Å². The average molecular weight is 252 g/mol. The summed E-state index contributed by atoms with van der Waals surface area (Å²) in [4.78, 5) is 2.28. The smallest absolute Gasteiger partial charge is 0.160 e. The van der Waals surface area contributed by atoms with E-state index in [-0.39, 0.29) is 11.8 Å². The molecule has 1 aliphatic rings. The lowest BCUT2D eigenvalue weighted by atomic mass is 10.0. The Kier molecular flexibility index (Phi) is 4.41. The molecule has 0 aliphatic carbocycles. The van der Waals surface area contributed by atoms with Gasteiger partial charge in [0.2, 0.25) is 0 Å². The van der Waals surface area contributed by atoms with Crippen molar-refractivity contribution < 1.29 is 14.6 Å².